The molecule has 0 aliphatic heterocycles. The zero-order valence-electron chi connectivity index (χ0n) is 7.93. The van der Waals surface area contributed by atoms with Crippen molar-refractivity contribution in [1.29, 1.82) is 0 Å². The van der Waals surface area contributed by atoms with Crippen molar-refractivity contribution >= 4 is 11.6 Å². The van der Waals surface area contributed by atoms with Gasteiger partial charge in [0.25, 0.3) is 0 Å². The molecule has 0 spiro atoms. The lowest BCUT2D eigenvalue weighted by molar-refractivity contribution is 0.425. The Morgan fingerprint density at radius 1 is 1.69 bits per heavy atom. The summed E-state index contributed by atoms with van der Waals surface area (Å²) >= 11 is 5.63. The summed E-state index contributed by atoms with van der Waals surface area (Å²) < 4.78 is 5.44. The van der Waals surface area contributed by atoms with Gasteiger partial charge in [-0.1, -0.05) is 18.2 Å². The molecular weight excluding hydrogens is 186 g/mol. The molecule has 0 bridgehead atoms. The van der Waals surface area contributed by atoms with E-state index in [4.69, 9.17) is 16.0 Å². The smallest absolute Gasteiger partial charge is 0.120 e. The largest absolute Gasteiger partial charge is 0.465 e. The average Bonchev–Trinajstić information content (AvgIpc) is 2.47. The molecule has 1 rings (SSSR count). The Labute approximate surface area is 83.6 Å². The van der Waals surface area contributed by atoms with Gasteiger partial charge in [0.1, 0.15) is 11.5 Å². The highest BCUT2D eigenvalue weighted by atomic mass is 35.5. The lowest BCUT2D eigenvalue weighted by Crippen LogP contribution is -2.19. The van der Waals surface area contributed by atoms with Crippen LogP contribution >= 0.6 is 11.6 Å². The van der Waals surface area contributed by atoms with Gasteiger partial charge < -0.3 is 9.73 Å². The maximum atomic E-state index is 5.63. The van der Waals surface area contributed by atoms with Crippen molar-refractivity contribution in [3.63, 3.8) is 0 Å². The van der Waals surface area contributed by atoms with Gasteiger partial charge in [0.05, 0.1) is 6.04 Å². The molecule has 13 heavy (non-hydrogen) atoms. The zero-order chi connectivity index (χ0) is 9.84. The lowest BCUT2D eigenvalue weighted by atomic mass is 10.2. The molecule has 3 heteroatoms. The van der Waals surface area contributed by atoms with E-state index in [1.165, 1.54) is 0 Å². The number of nitrogens with one attached hydrogen (secondary N) is 1. The van der Waals surface area contributed by atoms with E-state index in [0.29, 0.717) is 11.6 Å². The number of furan rings is 1. The van der Waals surface area contributed by atoms with E-state index in [0.717, 1.165) is 11.5 Å². The van der Waals surface area contributed by atoms with E-state index in [1.54, 1.807) is 0 Å². The van der Waals surface area contributed by atoms with Gasteiger partial charge in [0, 0.05) is 11.6 Å². The maximum Gasteiger partial charge on any atom is 0.120 e. The van der Waals surface area contributed by atoms with Crippen molar-refractivity contribution in [3.05, 3.63) is 35.3 Å². The van der Waals surface area contributed by atoms with Gasteiger partial charge in [-0.3, -0.25) is 0 Å². The van der Waals surface area contributed by atoms with Gasteiger partial charge in [-0.05, 0) is 26.0 Å². The third kappa shape index (κ3) is 3.25. The van der Waals surface area contributed by atoms with E-state index in [9.17, 15) is 0 Å². The highest BCUT2D eigenvalue weighted by Crippen LogP contribution is 2.15. The van der Waals surface area contributed by atoms with Crippen molar-refractivity contribution in [2.45, 2.75) is 19.9 Å². The van der Waals surface area contributed by atoms with Crippen LogP contribution < -0.4 is 5.32 Å². The number of hydrogen-bond acceptors (Lipinski definition) is 2. The molecule has 0 amide bonds. The Balaban J connectivity index is 2.48. The second-order valence-electron chi connectivity index (χ2n) is 3.07. The van der Waals surface area contributed by atoms with Crippen molar-refractivity contribution in [1.82, 2.24) is 5.32 Å². The second-order valence-corrected chi connectivity index (χ2v) is 3.60. The molecular formula is C10H14ClNO. The molecule has 0 aliphatic rings. The first kappa shape index (κ1) is 10.4. The average molecular weight is 200 g/mol. The van der Waals surface area contributed by atoms with Crippen LogP contribution in [0.1, 0.15) is 24.5 Å². The number of aryl methyl sites for hydroxylation is 1. The van der Waals surface area contributed by atoms with Crippen molar-refractivity contribution in [3.8, 4) is 0 Å². The monoisotopic (exact) mass is 199 g/mol. The van der Waals surface area contributed by atoms with Crippen LogP contribution in [0.25, 0.3) is 0 Å². The molecule has 1 heterocycles. The molecule has 0 aliphatic carbocycles. The lowest BCUT2D eigenvalue weighted by Gasteiger charge is -2.09. The summed E-state index contributed by atoms with van der Waals surface area (Å²) in [6.07, 6.45) is 0. The molecule has 1 unspecified atom stereocenters. The first-order valence-electron chi connectivity index (χ1n) is 4.22. The summed E-state index contributed by atoms with van der Waals surface area (Å²) in [6, 6.07) is 4.08. The van der Waals surface area contributed by atoms with E-state index >= 15 is 0 Å². The highest BCUT2D eigenvalue weighted by molar-refractivity contribution is 6.29. The number of rotatable bonds is 4. The molecule has 1 atom stereocenters. The third-order valence-electron chi connectivity index (χ3n) is 1.79. The molecule has 0 fully saturated rings. The van der Waals surface area contributed by atoms with Crippen LogP contribution in [0, 0.1) is 6.92 Å². The predicted molar refractivity (Wildman–Crippen MR) is 54.9 cm³/mol. The van der Waals surface area contributed by atoms with Crippen LogP contribution in [0.3, 0.4) is 0 Å². The Hall–Kier alpha value is -0.730. The van der Waals surface area contributed by atoms with Crippen LogP contribution in [0.2, 0.25) is 0 Å². The number of halogens is 1. The first-order valence-corrected chi connectivity index (χ1v) is 4.60. The fourth-order valence-electron chi connectivity index (χ4n) is 1.05. The van der Waals surface area contributed by atoms with E-state index in [1.807, 2.05) is 26.0 Å². The zero-order valence-corrected chi connectivity index (χ0v) is 8.69. The summed E-state index contributed by atoms with van der Waals surface area (Å²) in [5.74, 6) is 1.85. The second kappa shape index (κ2) is 4.49. The van der Waals surface area contributed by atoms with Crippen molar-refractivity contribution < 1.29 is 4.42 Å². The van der Waals surface area contributed by atoms with Gasteiger partial charge in [-0.2, -0.15) is 0 Å². The minimum atomic E-state index is 0.171. The molecule has 72 valence electrons. The topological polar surface area (TPSA) is 25.2 Å². The Bertz CT molecular complexity index is 293. The summed E-state index contributed by atoms with van der Waals surface area (Å²) in [4.78, 5) is 0. The molecule has 0 aromatic carbocycles. The maximum absolute atomic E-state index is 5.63. The quantitative estimate of drug-likeness (QED) is 0.807. The standard InChI is InChI=1S/C10H14ClNO/c1-7(11)6-12-9(3)10-5-4-8(2)13-10/h4-5,9,12H,1,6H2,2-3H3. The molecule has 0 radical (unpaired) electrons. The van der Waals surface area contributed by atoms with Crippen LogP contribution in [-0.4, -0.2) is 6.54 Å². The van der Waals surface area contributed by atoms with Crippen molar-refractivity contribution in [2.24, 2.45) is 0 Å². The SMILES string of the molecule is C=C(Cl)CNC(C)c1ccc(C)o1. The minimum Gasteiger partial charge on any atom is -0.465 e. The van der Waals surface area contributed by atoms with E-state index < -0.39 is 0 Å². The predicted octanol–water partition coefficient (Wildman–Crippen LogP) is 2.99. The molecule has 1 N–H and O–H groups in total. The summed E-state index contributed by atoms with van der Waals surface area (Å²) in [6.45, 7) is 8.15. The molecule has 1 aromatic heterocycles. The van der Waals surface area contributed by atoms with Gasteiger partial charge in [0.2, 0.25) is 0 Å². The first-order chi connectivity index (χ1) is 6.09. The van der Waals surface area contributed by atoms with Crippen LogP contribution in [0.4, 0.5) is 0 Å². The van der Waals surface area contributed by atoms with Gasteiger partial charge >= 0.3 is 0 Å². The van der Waals surface area contributed by atoms with Crippen LogP contribution in [-0.2, 0) is 0 Å². The van der Waals surface area contributed by atoms with E-state index in [-0.39, 0.29) is 6.04 Å². The molecule has 1 aromatic rings. The van der Waals surface area contributed by atoms with Crippen LogP contribution in [0.15, 0.2) is 28.2 Å². The summed E-state index contributed by atoms with van der Waals surface area (Å²) in [5.41, 5.74) is 0. The third-order valence-corrected chi connectivity index (χ3v) is 1.92. The fourth-order valence-corrected chi connectivity index (χ4v) is 1.13. The van der Waals surface area contributed by atoms with E-state index in [2.05, 4.69) is 11.9 Å². The fraction of sp³-hybridized carbons (Fsp3) is 0.400. The van der Waals surface area contributed by atoms with Gasteiger partial charge in [-0.25, -0.2) is 0 Å². The molecule has 0 saturated heterocycles. The Morgan fingerprint density at radius 3 is 2.85 bits per heavy atom. The van der Waals surface area contributed by atoms with Crippen molar-refractivity contribution in [2.75, 3.05) is 6.54 Å². The Kier molecular flexibility index (Phi) is 3.58. The summed E-state index contributed by atoms with van der Waals surface area (Å²) in [7, 11) is 0. The van der Waals surface area contributed by atoms with Gasteiger partial charge in [-0.15, -0.1) is 0 Å². The normalized spacial score (nSPS) is 12.8. The molecule has 2 nitrogen and oxygen atoms in total. The Morgan fingerprint density at radius 2 is 2.38 bits per heavy atom. The molecule has 0 saturated carbocycles. The summed E-state index contributed by atoms with van der Waals surface area (Å²) in [5, 5.41) is 3.79. The highest BCUT2D eigenvalue weighted by Gasteiger charge is 2.07. The minimum absolute atomic E-state index is 0.171. The van der Waals surface area contributed by atoms with Crippen LogP contribution in [0.5, 0.6) is 0 Å². The van der Waals surface area contributed by atoms with Gasteiger partial charge in [0.15, 0.2) is 0 Å². The number of hydrogen-bond donors (Lipinski definition) is 1.